The number of esters is 1. The molecule has 2 aliphatic rings. The Kier molecular flexibility index (Phi) is 7.00. The highest BCUT2D eigenvalue weighted by atomic mass is 16.6. The van der Waals surface area contributed by atoms with Crippen molar-refractivity contribution in [3.05, 3.63) is 64.8 Å². The van der Waals surface area contributed by atoms with Gasteiger partial charge in [0, 0.05) is 35.3 Å². The quantitative estimate of drug-likeness (QED) is 0.336. The van der Waals surface area contributed by atoms with Crippen LogP contribution in [0.3, 0.4) is 0 Å². The van der Waals surface area contributed by atoms with Crippen molar-refractivity contribution in [2.75, 3.05) is 14.2 Å². The lowest BCUT2D eigenvalue weighted by Crippen LogP contribution is -2.49. The number of aryl methyl sites for hydroxylation is 1. The number of benzene rings is 2. The van der Waals surface area contributed by atoms with E-state index in [0.717, 1.165) is 53.5 Å². The second-order valence-electron chi connectivity index (χ2n) is 12.3. The van der Waals surface area contributed by atoms with Crippen molar-refractivity contribution in [2.45, 2.75) is 84.0 Å². The van der Waals surface area contributed by atoms with Gasteiger partial charge in [-0.25, -0.2) is 9.59 Å². The van der Waals surface area contributed by atoms with Gasteiger partial charge in [-0.1, -0.05) is 19.1 Å². The van der Waals surface area contributed by atoms with Crippen molar-refractivity contribution >= 4 is 23.0 Å². The Morgan fingerprint density at radius 2 is 1.82 bits per heavy atom. The van der Waals surface area contributed by atoms with Gasteiger partial charge >= 0.3 is 12.1 Å². The fourth-order valence-electron chi connectivity index (χ4n) is 6.93. The van der Waals surface area contributed by atoms with Crippen molar-refractivity contribution in [1.82, 2.24) is 9.47 Å². The van der Waals surface area contributed by atoms with Crippen molar-refractivity contribution in [1.29, 1.82) is 0 Å². The highest BCUT2D eigenvalue weighted by molar-refractivity contribution is 5.95. The second kappa shape index (κ2) is 10.0. The third-order valence-electron chi connectivity index (χ3n) is 8.45. The lowest BCUT2D eigenvalue weighted by molar-refractivity contribution is 0.0181. The van der Waals surface area contributed by atoms with E-state index in [2.05, 4.69) is 24.0 Å². The molecule has 0 saturated carbocycles. The molecule has 0 N–H and O–H groups in total. The van der Waals surface area contributed by atoms with Gasteiger partial charge in [0.25, 0.3) is 0 Å². The molecule has 208 valence electrons. The summed E-state index contributed by atoms with van der Waals surface area (Å²) >= 11 is 0. The molecular weight excluding hydrogens is 492 g/mol. The lowest BCUT2D eigenvalue weighted by atomic mass is 9.77. The van der Waals surface area contributed by atoms with Gasteiger partial charge in [-0.2, -0.15) is 0 Å². The summed E-state index contributed by atoms with van der Waals surface area (Å²) in [6.07, 6.45) is 5.82. The maximum Gasteiger partial charge on any atom is 0.419 e. The van der Waals surface area contributed by atoms with Crippen LogP contribution in [-0.4, -0.2) is 47.4 Å². The number of hydrogen-bond acceptors (Lipinski definition) is 6. The van der Waals surface area contributed by atoms with Gasteiger partial charge < -0.3 is 14.2 Å². The first-order valence-corrected chi connectivity index (χ1v) is 13.8. The minimum Gasteiger partial charge on any atom is -0.496 e. The van der Waals surface area contributed by atoms with Crippen LogP contribution in [0.5, 0.6) is 5.75 Å². The minimum atomic E-state index is -0.587. The van der Waals surface area contributed by atoms with E-state index < -0.39 is 5.60 Å². The number of carbonyl (C=O) groups is 2. The van der Waals surface area contributed by atoms with Gasteiger partial charge in [-0.3, -0.25) is 9.47 Å². The molecule has 5 rings (SSSR count). The maximum atomic E-state index is 13.1. The minimum absolute atomic E-state index is 0.132. The first-order chi connectivity index (χ1) is 18.5. The number of methoxy groups -OCH3 is 2. The predicted molar refractivity (Wildman–Crippen MR) is 151 cm³/mol. The number of fused-ring (bicyclic) bond motifs is 3. The standard InChI is InChI=1S/C32H40N2O5/c1-20-16-24-12-14-32(18-20,23-10-8-22(9-11-23)29(35)38-7)34(24)19-26-25-13-15-33(30(36)39-31(3,4)5)28(25)21(2)17-27(26)37-6/h8-11,13,15,17,20,24H,12,14,16,18-19H2,1-7H3. The molecular formula is C32H40N2O5. The molecule has 0 radical (unpaired) electrons. The number of piperidine rings is 1. The van der Waals surface area contributed by atoms with Crippen LogP contribution >= 0.6 is 0 Å². The Hall–Kier alpha value is -3.32. The molecule has 2 bridgehead atoms. The summed E-state index contributed by atoms with van der Waals surface area (Å²) in [6.45, 7) is 10.7. The summed E-state index contributed by atoms with van der Waals surface area (Å²) in [4.78, 5) is 27.8. The van der Waals surface area contributed by atoms with E-state index in [9.17, 15) is 9.59 Å². The molecule has 2 fully saturated rings. The zero-order valence-corrected chi connectivity index (χ0v) is 24.2. The monoisotopic (exact) mass is 532 g/mol. The number of ether oxygens (including phenoxy) is 3. The Labute approximate surface area is 231 Å². The predicted octanol–water partition coefficient (Wildman–Crippen LogP) is 6.82. The van der Waals surface area contributed by atoms with Gasteiger partial charge in [0.2, 0.25) is 0 Å². The highest BCUT2D eigenvalue weighted by Crippen LogP contribution is 2.53. The van der Waals surface area contributed by atoms with E-state index in [-0.39, 0.29) is 17.6 Å². The fourth-order valence-corrected chi connectivity index (χ4v) is 6.93. The van der Waals surface area contributed by atoms with E-state index in [1.54, 1.807) is 11.7 Å². The van der Waals surface area contributed by atoms with E-state index in [1.165, 1.54) is 12.7 Å². The normalized spacial score (nSPS) is 23.2. The third kappa shape index (κ3) is 4.82. The van der Waals surface area contributed by atoms with Crippen LogP contribution in [0.15, 0.2) is 42.6 Å². The summed E-state index contributed by atoms with van der Waals surface area (Å²) in [5.41, 5.74) is 3.98. The molecule has 3 unspecified atom stereocenters. The Morgan fingerprint density at radius 3 is 2.46 bits per heavy atom. The Balaban J connectivity index is 1.58. The van der Waals surface area contributed by atoms with Gasteiger partial charge in [0.15, 0.2) is 0 Å². The summed E-state index contributed by atoms with van der Waals surface area (Å²) in [6, 6.07) is 12.4. The number of carbonyl (C=O) groups excluding carboxylic acids is 2. The van der Waals surface area contributed by atoms with E-state index >= 15 is 0 Å². The van der Waals surface area contributed by atoms with Crippen molar-refractivity contribution in [2.24, 2.45) is 5.92 Å². The lowest BCUT2D eigenvalue weighted by Gasteiger charge is -2.48. The number of hydrogen-bond donors (Lipinski definition) is 0. The van der Waals surface area contributed by atoms with Crippen LogP contribution < -0.4 is 4.74 Å². The number of nitrogens with zero attached hydrogens (tertiary/aromatic N) is 2. The topological polar surface area (TPSA) is 70.0 Å². The van der Waals surface area contributed by atoms with Crippen LogP contribution in [0.4, 0.5) is 4.79 Å². The molecule has 0 amide bonds. The van der Waals surface area contributed by atoms with Gasteiger partial charge in [-0.05, 0) is 94.7 Å². The SMILES string of the molecule is COC(=O)c1ccc(C23CCC(CC(C)C2)N3Cc2c(OC)cc(C)c3c2ccn3C(=O)OC(C)(C)C)cc1. The van der Waals surface area contributed by atoms with Gasteiger partial charge in [-0.15, -0.1) is 0 Å². The van der Waals surface area contributed by atoms with Crippen LogP contribution in [0, 0.1) is 12.8 Å². The summed E-state index contributed by atoms with van der Waals surface area (Å²) in [7, 11) is 3.12. The Bertz CT molecular complexity index is 1400. The van der Waals surface area contributed by atoms with E-state index in [4.69, 9.17) is 14.2 Å². The summed E-state index contributed by atoms with van der Waals surface area (Å²) in [5, 5.41) is 1.01. The maximum absolute atomic E-state index is 13.1. The van der Waals surface area contributed by atoms with Crippen molar-refractivity contribution in [3.63, 3.8) is 0 Å². The highest BCUT2D eigenvalue weighted by Gasteiger charge is 2.51. The molecule has 0 aliphatic carbocycles. The van der Waals surface area contributed by atoms with Crippen LogP contribution in [0.1, 0.15) is 80.4 Å². The molecule has 3 atom stereocenters. The number of rotatable bonds is 5. The van der Waals surface area contributed by atoms with Gasteiger partial charge in [0.05, 0.1) is 25.3 Å². The van der Waals surface area contributed by atoms with Crippen molar-refractivity contribution in [3.8, 4) is 5.75 Å². The molecule has 39 heavy (non-hydrogen) atoms. The molecule has 3 aromatic rings. The van der Waals surface area contributed by atoms with E-state index in [0.29, 0.717) is 24.1 Å². The van der Waals surface area contributed by atoms with Crippen molar-refractivity contribution < 1.29 is 23.8 Å². The zero-order chi connectivity index (χ0) is 28.1. The van der Waals surface area contributed by atoms with E-state index in [1.807, 2.05) is 58.2 Å². The summed E-state index contributed by atoms with van der Waals surface area (Å²) in [5.74, 6) is 1.11. The average molecular weight is 533 g/mol. The molecule has 1 aromatic heterocycles. The summed E-state index contributed by atoms with van der Waals surface area (Å²) < 4.78 is 18.2. The fraction of sp³-hybridized carbons (Fsp3) is 0.500. The molecule has 3 heterocycles. The number of aromatic nitrogens is 1. The van der Waals surface area contributed by atoms with Crippen LogP contribution in [0.2, 0.25) is 0 Å². The largest absolute Gasteiger partial charge is 0.496 e. The zero-order valence-electron chi connectivity index (χ0n) is 24.2. The third-order valence-corrected chi connectivity index (χ3v) is 8.45. The molecule has 2 aromatic carbocycles. The molecule has 7 heteroatoms. The molecule has 2 aliphatic heterocycles. The first kappa shape index (κ1) is 27.3. The smallest absolute Gasteiger partial charge is 0.419 e. The average Bonchev–Trinajstić information content (AvgIpc) is 3.42. The van der Waals surface area contributed by atoms with Gasteiger partial charge in [0.1, 0.15) is 11.4 Å². The molecule has 7 nitrogen and oxygen atoms in total. The van der Waals surface area contributed by atoms with Crippen LogP contribution in [-0.2, 0) is 21.6 Å². The van der Waals surface area contributed by atoms with Crippen LogP contribution in [0.25, 0.3) is 10.9 Å². The molecule has 0 spiro atoms. The second-order valence-corrected chi connectivity index (χ2v) is 12.3. The first-order valence-electron chi connectivity index (χ1n) is 13.8. The molecule has 2 saturated heterocycles. The Morgan fingerprint density at radius 1 is 1.10 bits per heavy atom.